The van der Waals surface area contributed by atoms with Crippen molar-refractivity contribution in [1.82, 2.24) is 19.8 Å². The predicted octanol–water partition coefficient (Wildman–Crippen LogP) is 0.996. The molecule has 0 aliphatic carbocycles. The van der Waals surface area contributed by atoms with Gasteiger partial charge in [0.2, 0.25) is 0 Å². The summed E-state index contributed by atoms with van der Waals surface area (Å²) in [5.74, 6) is 1.10. The lowest BCUT2D eigenvalue weighted by molar-refractivity contribution is -0.142. The Labute approximate surface area is 136 Å². The van der Waals surface area contributed by atoms with Crippen LogP contribution in [0.2, 0.25) is 0 Å². The first kappa shape index (κ1) is 16.0. The molecule has 0 bridgehead atoms. The number of hydrogen-bond acceptors (Lipinski definition) is 4. The molecule has 0 spiro atoms. The molecule has 0 aromatic carbocycles. The van der Waals surface area contributed by atoms with Gasteiger partial charge in [0.15, 0.2) is 0 Å². The van der Waals surface area contributed by atoms with Crippen molar-refractivity contribution >= 4 is 11.8 Å². The summed E-state index contributed by atoms with van der Waals surface area (Å²) >= 11 is 0. The van der Waals surface area contributed by atoms with Crippen LogP contribution in [-0.2, 0) is 9.53 Å². The molecule has 3 heterocycles. The molecule has 1 N–H and O–H groups in total. The number of nitrogens with zero attached hydrogens (tertiary/aromatic N) is 3. The van der Waals surface area contributed by atoms with Crippen molar-refractivity contribution in [3.63, 3.8) is 0 Å². The average molecular weight is 320 g/mol. The van der Waals surface area contributed by atoms with Crippen LogP contribution in [0.25, 0.3) is 0 Å². The molecule has 1 aromatic heterocycles. The summed E-state index contributed by atoms with van der Waals surface area (Å²) in [6, 6.07) is 0. The number of ether oxygens (including phenoxy) is 1. The van der Waals surface area contributed by atoms with Crippen LogP contribution in [0.15, 0.2) is 6.20 Å². The second kappa shape index (κ2) is 6.70. The maximum absolute atomic E-state index is 12.5. The molecule has 0 saturated carbocycles. The van der Waals surface area contributed by atoms with E-state index < -0.39 is 0 Å². The highest BCUT2D eigenvalue weighted by molar-refractivity contribution is 5.92. The van der Waals surface area contributed by atoms with Gasteiger partial charge in [-0.05, 0) is 12.8 Å². The van der Waals surface area contributed by atoms with Gasteiger partial charge in [-0.3, -0.25) is 9.59 Å². The molecule has 2 aliphatic heterocycles. The van der Waals surface area contributed by atoms with Crippen LogP contribution >= 0.6 is 0 Å². The zero-order valence-corrected chi connectivity index (χ0v) is 13.7. The molecule has 3 rings (SSSR count). The minimum absolute atomic E-state index is 0.0476. The van der Waals surface area contributed by atoms with Gasteiger partial charge in [-0.15, -0.1) is 0 Å². The molecular weight excluding hydrogens is 296 g/mol. The van der Waals surface area contributed by atoms with Gasteiger partial charge >= 0.3 is 0 Å². The molecule has 7 nitrogen and oxygen atoms in total. The van der Waals surface area contributed by atoms with Crippen LogP contribution in [0.3, 0.4) is 0 Å². The third-order valence-electron chi connectivity index (χ3n) is 4.46. The maximum atomic E-state index is 12.5. The highest BCUT2D eigenvalue weighted by Gasteiger charge is 2.31. The first-order valence-corrected chi connectivity index (χ1v) is 8.31. The normalized spacial score (nSPS) is 22.0. The number of rotatable bonds is 3. The first-order valence-electron chi connectivity index (χ1n) is 8.31. The second-order valence-corrected chi connectivity index (χ2v) is 6.46. The number of aromatic nitrogens is 2. The Morgan fingerprint density at radius 2 is 1.96 bits per heavy atom. The summed E-state index contributed by atoms with van der Waals surface area (Å²) in [6.45, 7) is 6.96. The van der Waals surface area contributed by atoms with E-state index in [4.69, 9.17) is 4.74 Å². The SMILES string of the molecule is CC(C)c1ncc(C(=O)N2CCN(C(=O)C3CCCO3)CC2)[nH]1. The largest absolute Gasteiger partial charge is 0.368 e. The quantitative estimate of drug-likeness (QED) is 0.901. The number of aromatic amines is 1. The van der Waals surface area contributed by atoms with Crippen molar-refractivity contribution in [1.29, 1.82) is 0 Å². The number of carbonyl (C=O) groups is 2. The van der Waals surface area contributed by atoms with Gasteiger partial charge in [0.1, 0.15) is 17.6 Å². The number of H-pyrrole nitrogens is 1. The van der Waals surface area contributed by atoms with Crippen LogP contribution in [0.1, 0.15) is 48.9 Å². The van der Waals surface area contributed by atoms with Gasteiger partial charge in [0.05, 0.1) is 6.20 Å². The van der Waals surface area contributed by atoms with Crippen molar-refractivity contribution < 1.29 is 14.3 Å². The van der Waals surface area contributed by atoms with Gasteiger partial charge in [-0.1, -0.05) is 13.8 Å². The smallest absolute Gasteiger partial charge is 0.272 e. The summed E-state index contributed by atoms with van der Waals surface area (Å²) in [5.41, 5.74) is 0.521. The fourth-order valence-corrected chi connectivity index (χ4v) is 3.02. The lowest BCUT2D eigenvalue weighted by Crippen LogP contribution is -2.52. The zero-order chi connectivity index (χ0) is 16.4. The molecule has 2 aliphatic rings. The fourth-order valence-electron chi connectivity index (χ4n) is 3.02. The summed E-state index contributed by atoms with van der Waals surface area (Å²) in [6.07, 6.45) is 3.08. The molecule has 7 heteroatoms. The molecular formula is C16H24N4O3. The Morgan fingerprint density at radius 3 is 2.52 bits per heavy atom. The third-order valence-corrected chi connectivity index (χ3v) is 4.46. The van der Waals surface area contributed by atoms with Crippen molar-refractivity contribution in [3.05, 3.63) is 17.7 Å². The van der Waals surface area contributed by atoms with E-state index in [1.165, 1.54) is 0 Å². The van der Waals surface area contributed by atoms with Gasteiger partial charge in [-0.2, -0.15) is 0 Å². The minimum atomic E-state index is -0.279. The van der Waals surface area contributed by atoms with Crippen LogP contribution in [0, 0.1) is 0 Å². The summed E-state index contributed by atoms with van der Waals surface area (Å²) < 4.78 is 5.45. The van der Waals surface area contributed by atoms with Crippen molar-refractivity contribution in [2.45, 2.75) is 38.7 Å². The van der Waals surface area contributed by atoms with E-state index in [1.807, 2.05) is 18.7 Å². The molecule has 2 amide bonds. The summed E-state index contributed by atoms with van der Waals surface area (Å²) in [4.78, 5) is 35.7. The Hall–Kier alpha value is -1.89. The maximum Gasteiger partial charge on any atom is 0.272 e. The van der Waals surface area contributed by atoms with Crippen LogP contribution in [-0.4, -0.2) is 70.5 Å². The topological polar surface area (TPSA) is 78.5 Å². The van der Waals surface area contributed by atoms with E-state index in [1.54, 1.807) is 11.1 Å². The Balaban J connectivity index is 1.55. The van der Waals surface area contributed by atoms with Crippen molar-refractivity contribution in [2.75, 3.05) is 32.8 Å². The number of imidazole rings is 1. The van der Waals surface area contributed by atoms with Crippen molar-refractivity contribution in [3.8, 4) is 0 Å². The van der Waals surface area contributed by atoms with E-state index >= 15 is 0 Å². The number of nitrogens with one attached hydrogen (secondary N) is 1. The Morgan fingerprint density at radius 1 is 1.26 bits per heavy atom. The zero-order valence-electron chi connectivity index (χ0n) is 13.7. The van der Waals surface area contributed by atoms with Gasteiger partial charge in [-0.25, -0.2) is 4.98 Å². The molecule has 2 saturated heterocycles. The fraction of sp³-hybridized carbons (Fsp3) is 0.688. The van der Waals surface area contributed by atoms with E-state index in [2.05, 4.69) is 9.97 Å². The Bertz CT molecular complexity index is 570. The molecule has 1 unspecified atom stereocenters. The van der Waals surface area contributed by atoms with Gasteiger partial charge in [0, 0.05) is 38.7 Å². The molecule has 126 valence electrons. The van der Waals surface area contributed by atoms with E-state index in [0.29, 0.717) is 38.5 Å². The van der Waals surface area contributed by atoms with Gasteiger partial charge in [0.25, 0.3) is 11.8 Å². The number of carbonyl (C=O) groups excluding carboxylic acids is 2. The number of hydrogen-bond donors (Lipinski definition) is 1. The van der Waals surface area contributed by atoms with Crippen LogP contribution < -0.4 is 0 Å². The lowest BCUT2D eigenvalue weighted by atomic mass is 10.2. The van der Waals surface area contributed by atoms with E-state index in [-0.39, 0.29) is 23.8 Å². The predicted molar refractivity (Wildman–Crippen MR) is 84.1 cm³/mol. The highest BCUT2D eigenvalue weighted by atomic mass is 16.5. The molecule has 1 aromatic rings. The monoisotopic (exact) mass is 320 g/mol. The standard InChI is InChI=1S/C16H24N4O3/c1-11(2)14-17-10-12(18-14)15(21)19-5-7-20(8-6-19)16(22)13-4-3-9-23-13/h10-11,13H,3-9H2,1-2H3,(H,17,18). The minimum Gasteiger partial charge on any atom is -0.368 e. The summed E-state index contributed by atoms with van der Waals surface area (Å²) in [7, 11) is 0. The van der Waals surface area contributed by atoms with Gasteiger partial charge < -0.3 is 19.5 Å². The average Bonchev–Trinajstić information content (AvgIpc) is 3.25. The lowest BCUT2D eigenvalue weighted by Gasteiger charge is -2.35. The van der Waals surface area contributed by atoms with Crippen LogP contribution in [0.4, 0.5) is 0 Å². The molecule has 2 fully saturated rings. The second-order valence-electron chi connectivity index (χ2n) is 6.46. The highest BCUT2D eigenvalue weighted by Crippen LogP contribution is 2.17. The van der Waals surface area contributed by atoms with E-state index in [0.717, 1.165) is 18.7 Å². The Kier molecular flexibility index (Phi) is 4.66. The molecule has 1 atom stereocenters. The number of amides is 2. The van der Waals surface area contributed by atoms with Crippen molar-refractivity contribution in [2.24, 2.45) is 0 Å². The molecule has 23 heavy (non-hydrogen) atoms. The first-order chi connectivity index (χ1) is 11.1. The van der Waals surface area contributed by atoms with Crippen LogP contribution in [0.5, 0.6) is 0 Å². The molecule has 0 radical (unpaired) electrons. The third kappa shape index (κ3) is 3.39. The van der Waals surface area contributed by atoms with E-state index in [9.17, 15) is 9.59 Å². The summed E-state index contributed by atoms with van der Waals surface area (Å²) in [5, 5.41) is 0. The number of piperazine rings is 1.